The van der Waals surface area contributed by atoms with E-state index in [-0.39, 0.29) is 5.41 Å². The molecule has 2 heteroatoms. The van der Waals surface area contributed by atoms with E-state index in [1.54, 1.807) is 0 Å². The molecule has 1 heterocycles. The summed E-state index contributed by atoms with van der Waals surface area (Å²) in [6, 6.07) is 65.5. The highest BCUT2D eigenvalue weighted by Crippen LogP contribution is 2.54. The number of anilines is 3. The fourth-order valence-corrected chi connectivity index (χ4v) is 10.1. The molecule has 0 bridgehead atoms. The van der Waals surface area contributed by atoms with Crippen LogP contribution < -0.4 is 4.90 Å². The van der Waals surface area contributed by atoms with Gasteiger partial charge in [0, 0.05) is 42.5 Å². The fourth-order valence-electron chi connectivity index (χ4n) is 9.01. The molecule has 1 nitrogen and oxygen atoms in total. The highest BCUT2D eigenvalue weighted by atomic mass is 32.1. The van der Waals surface area contributed by atoms with E-state index >= 15 is 0 Å². The molecule has 0 fully saturated rings. The van der Waals surface area contributed by atoms with Crippen LogP contribution in [0.25, 0.3) is 74.7 Å². The van der Waals surface area contributed by atoms with Crippen molar-refractivity contribution in [2.75, 3.05) is 4.90 Å². The minimum Gasteiger partial charge on any atom is -0.310 e. The van der Waals surface area contributed by atoms with E-state index in [2.05, 4.69) is 195 Å². The van der Waals surface area contributed by atoms with Crippen LogP contribution in [0, 0.1) is 0 Å². The van der Waals surface area contributed by atoms with Gasteiger partial charge in [0.1, 0.15) is 0 Å². The van der Waals surface area contributed by atoms with Gasteiger partial charge in [0.2, 0.25) is 0 Å². The lowest BCUT2D eigenvalue weighted by Gasteiger charge is -2.29. The number of hydrogen-bond donors (Lipinski definition) is 0. The maximum absolute atomic E-state index is 2.48. The molecule has 0 spiro atoms. The van der Waals surface area contributed by atoms with Gasteiger partial charge in [-0.1, -0.05) is 141 Å². The standard InChI is InChI=1S/C51H35NS/c1-51(2)45-14-7-5-13-43(45)50-46(51)15-9-16-47(50)52(37-25-29-49-44(31-37)42-12-6-8-17-48(42)53-49)36-23-18-32(19-24-36)34-21-26-39-35(30-34)22-28-40-38-11-4-3-10-33(38)20-27-41(39)40/h3-31H,1-2H3. The number of fused-ring (bicyclic) bond motifs is 11. The normalized spacial score (nSPS) is 13.2. The van der Waals surface area contributed by atoms with Gasteiger partial charge in [0.25, 0.3) is 0 Å². The van der Waals surface area contributed by atoms with Crippen molar-refractivity contribution in [3.63, 3.8) is 0 Å². The van der Waals surface area contributed by atoms with Crippen molar-refractivity contribution in [1.82, 2.24) is 0 Å². The molecule has 1 aromatic heterocycles. The van der Waals surface area contributed by atoms with Gasteiger partial charge in [-0.05, 0) is 109 Å². The van der Waals surface area contributed by atoms with E-state index in [1.807, 2.05) is 11.3 Å². The first-order valence-corrected chi connectivity index (χ1v) is 19.2. The summed E-state index contributed by atoms with van der Waals surface area (Å²) < 4.78 is 2.64. The zero-order valence-corrected chi connectivity index (χ0v) is 30.4. The maximum Gasteiger partial charge on any atom is 0.0543 e. The number of thiophene rings is 1. The van der Waals surface area contributed by atoms with Crippen molar-refractivity contribution >= 4 is 80.9 Å². The Hall–Kier alpha value is -6.22. The van der Waals surface area contributed by atoms with Crippen LogP contribution in [-0.2, 0) is 5.41 Å². The van der Waals surface area contributed by atoms with Crippen molar-refractivity contribution in [2.24, 2.45) is 0 Å². The van der Waals surface area contributed by atoms with Crippen molar-refractivity contribution in [3.8, 4) is 22.3 Å². The number of hydrogen-bond acceptors (Lipinski definition) is 2. The van der Waals surface area contributed by atoms with E-state index in [1.165, 1.54) is 91.6 Å². The molecule has 1 aliphatic carbocycles. The van der Waals surface area contributed by atoms with Crippen molar-refractivity contribution in [1.29, 1.82) is 0 Å². The number of rotatable bonds is 4. The van der Waals surface area contributed by atoms with Gasteiger partial charge in [0.05, 0.1) is 5.69 Å². The first-order chi connectivity index (χ1) is 26.0. The van der Waals surface area contributed by atoms with Gasteiger partial charge >= 0.3 is 0 Å². The second kappa shape index (κ2) is 11.4. The summed E-state index contributed by atoms with van der Waals surface area (Å²) in [7, 11) is 0. The smallest absolute Gasteiger partial charge is 0.0543 e. The Balaban J connectivity index is 1.06. The van der Waals surface area contributed by atoms with Gasteiger partial charge in [-0.25, -0.2) is 0 Å². The predicted molar refractivity (Wildman–Crippen MR) is 230 cm³/mol. The third kappa shape index (κ3) is 4.56. The van der Waals surface area contributed by atoms with Crippen LogP contribution in [-0.4, -0.2) is 0 Å². The third-order valence-corrected chi connectivity index (χ3v) is 12.8. The monoisotopic (exact) mass is 693 g/mol. The second-order valence-corrected chi connectivity index (χ2v) is 16.0. The minimum atomic E-state index is -0.0838. The van der Waals surface area contributed by atoms with Crippen LogP contribution in [0.1, 0.15) is 25.0 Å². The zero-order chi connectivity index (χ0) is 35.3. The van der Waals surface area contributed by atoms with E-state index < -0.39 is 0 Å². The summed E-state index contributed by atoms with van der Waals surface area (Å²) >= 11 is 1.87. The van der Waals surface area contributed by atoms with Crippen molar-refractivity contribution in [2.45, 2.75) is 19.3 Å². The van der Waals surface area contributed by atoms with E-state index in [0.29, 0.717) is 0 Å². The SMILES string of the molecule is CC1(C)c2ccccc2-c2c(N(c3ccc(-c4ccc5c(ccc6c7ccccc7ccc56)c4)cc3)c3ccc4sc5ccccc5c4c3)cccc21. The molecule has 10 aromatic rings. The van der Waals surface area contributed by atoms with Crippen LogP contribution in [0.15, 0.2) is 176 Å². The summed E-state index contributed by atoms with van der Waals surface area (Å²) in [5.74, 6) is 0. The number of nitrogens with zero attached hydrogens (tertiary/aromatic N) is 1. The molecule has 0 N–H and O–H groups in total. The van der Waals surface area contributed by atoms with Crippen LogP contribution in [0.4, 0.5) is 17.1 Å². The molecule has 0 amide bonds. The molecule has 0 saturated carbocycles. The van der Waals surface area contributed by atoms with Gasteiger partial charge in [-0.2, -0.15) is 0 Å². The summed E-state index contributed by atoms with van der Waals surface area (Å²) in [5, 5.41) is 10.3. The quantitative estimate of drug-likeness (QED) is 0.166. The van der Waals surface area contributed by atoms with Crippen molar-refractivity contribution < 1.29 is 0 Å². The lowest BCUT2D eigenvalue weighted by atomic mass is 9.82. The highest BCUT2D eigenvalue weighted by molar-refractivity contribution is 7.25. The molecular formula is C51H35NS. The minimum absolute atomic E-state index is 0.0838. The Morgan fingerprint density at radius 2 is 1.06 bits per heavy atom. The van der Waals surface area contributed by atoms with Crippen LogP contribution in [0.3, 0.4) is 0 Å². The molecule has 0 aliphatic heterocycles. The molecule has 0 unspecified atom stereocenters. The summed E-state index contributed by atoms with van der Waals surface area (Å²) in [6.45, 7) is 4.72. The topological polar surface area (TPSA) is 3.24 Å². The molecule has 11 rings (SSSR count). The Kier molecular flexibility index (Phi) is 6.53. The van der Waals surface area contributed by atoms with Gasteiger partial charge in [-0.15, -0.1) is 11.3 Å². The Bertz CT molecular complexity index is 3090. The lowest BCUT2D eigenvalue weighted by Crippen LogP contribution is -2.16. The summed E-state index contributed by atoms with van der Waals surface area (Å²) in [6.07, 6.45) is 0. The molecule has 1 aliphatic rings. The molecule has 0 saturated heterocycles. The van der Waals surface area contributed by atoms with Crippen LogP contribution in [0.5, 0.6) is 0 Å². The largest absolute Gasteiger partial charge is 0.310 e. The average molecular weight is 694 g/mol. The van der Waals surface area contributed by atoms with E-state index in [0.717, 1.165) is 11.4 Å². The van der Waals surface area contributed by atoms with E-state index in [9.17, 15) is 0 Å². The fraction of sp³-hybridized carbons (Fsp3) is 0.0588. The average Bonchev–Trinajstić information content (AvgIpc) is 3.69. The van der Waals surface area contributed by atoms with Crippen LogP contribution in [0.2, 0.25) is 0 Å². The van der Waals surface area contributed by atoms with Gasteiger partial charge in [0.15, 0.2) is 0 Å². The first-order valence-electron chi connectivity index (χ1n) is 18.4. The Morgan fingerprint density at radius 3 is 1.92 bits per heavy atom. The van der Waals surface area contributed by atoms with Gasteiger partial charge < -0.3 is 4.90 Å². The molecule has 250 valence electrons. The third-order valence-electron chi connectivity index (χ3n) is 11.6. The zero-order valence-electron chi connectivity index (χ0n) is 29.6. The predicted octanol–water partition coefficient (Wildman–Crippen LogP) is 15.0. The Morgan fingerprint density at radius 1 is 0.415 bits per heavy atom. The van der Waals surface area contributed by atoms with Gasteiger partial charge in [-0.3, -0.25) is 0 Å². The lowest BCUT2D eigenvalue weighted by molar-refractivity contribution is 0.660. The second-order valence-electron chi connectivity index (χ2n) is 14.9. The highest BCUT2D eigenvalue weighted by Gasteiger charge is 2.37. The molecule has 0 atom stereocenters. The van der Waals surface area contributed by atoms with Crippen LogP contribution >= 0.6 is 11.3 Å². The molecule has 53 heavy (non-hydrogen) atoms. The van der Waals surface area contributed by atoms with Crippen molar-refractivity contribution in [3.05, 3.63) is 187 Å². The summed E-state index contributed by atoms with van der Waals surface area (Å²) in [4.78, 5) is 2.48. The molecular weight excluding hydrogens is 659 g/mol. The first kappa shape index (κ1) is 30.4. The summed E-state index contributed by atoms with van der Waals surface area (Å²) in [5.41, 5.74) is 11.3. The Labute approximate surface area is 313 Å². The van der Waals surface area contributed by atoms with E-state index in [4.69, 9.17) is 0 Å². The molecule has 9 aromatic carbocycles. The maximum atomic E-state index is 2.48. The number of benzene rings is 9. The molecule has 0 radical (unpaired) electrons.